The normalized spacial score (nSPS) is 18.3. The smallest absolute Gasteiger partial charge is 0.303 e. The number of amides is 1. The van der Waals surface area contributed by atoms with Gasteiger partial charge in [0.15, 0.2) is 5.43 Å². The van der Waals surface area contributed by atoms with E-state index in [1.807, 2.05) is 6.92 Å². The quantitative estimate of drug-likeness (QED) is 0.912. The summed E-state index contributed by atoms with van der Waals surface area (Å²) in [6.07, 6.45) is 4.07. The largest absolute Gasteiger partial charge is 0.481 e. The number of pyridine rings is 1. The summed E-state index contributed by atoms with van der Waals surface area (Å²) in [6, 6.07) is 1.47. The standard InChI is InChI=1S/C16H22N2O4/c1-11-8-14(19)13(10-17(11)2)16(22)18-7-3-4-12(9-18)5-6-15(20)21/h8,10,12H,3-7,9H2,1-2H3,(H,20,21)/t12-/m0/s1. The van der Waals surface area contributed by atoms with Gasteiger partial charge in [-0.2, -0.15) is 0 Å². The number of aryl methyl sites for hydroxylation is 2. The number of nitrogens with zero attached hydrogens (tertiary/aromatic N) is 2. The number of rotatable bonds is 4. The zero-order valence-electron chi connectivity index (χ0n) is 13.0. The molecule has 0 radical (unpaired) electrons. The summed E-state index contributed by atoms with van der Waals surface area (Å²) in [6.45, 7) is 2.97. The van der Waals surface area contributed by atoms with Crippen LogP contribution in [0.2, 0.25) is 0 Å². The Labute approximate surface area is 129 Å². The predicted octanol–water partition coefficient (Wildman–Crippen LogP) is 1.41. The summed E-state index contributed by atoms with van der Waals surface area (Å²) in [5.74, 6) is -0.862. The van der Waals surface area contributed by atoms with Gasteiger partial charge in [0, 0.05) is 44.5 Å². The predicted molar refractivity (Wildman–Crippen MR) is 81.9 cm³/mol. The Balaban J connectivity index is 2.10. The van der Waals surface area contributed by atoms with Crippen molar-refractivity contribution in [2.75, 3.05) is 13.1 Å². The van der Waals surface area contributed by atoms with Gasteiger partial charge >= 0.3 is 5.97 Å². The number of carbonyl (C=O) groups excluding carboxylic acids is 1. The Kier molecular flexibility index (Phi) is 5.00. The molecule has 0 bridgehead atoms. The van der Waals surface area contributed by atoms with E-state index in [1.54, 1.807) is 22.7 Å². The van der Waals surface area contributed by atoms with Crippen LogP contribution >= 0.6 is 0 Å². The van der Waals surface area contributed by atoms with Gasteiger partial charge in [-0.25, -0.2) is 0 Å². The van der Waals surface area contributed by atoms with Crippen LogP contribution in [0.4, 0.5) is 0 Å². The van der Waals surface area contributed by atoms with E-state index in [0.717, 1.165) is 18.5 Å². The zero-order valence-corrected chi connectivity index (χ0v) is 13.0. The number of carbonyl (C=O) groups is 2. The van der Waals surface area contributed by atoms with Crippen molar-refractivity contribution in [1.29, 1.82) is 0 Å². The molecular weight excluding hydrogens is 284 g/mol. The third kappa shape index (κ3) is 3.75. The van der Waals surface area contributed by atoms with Crippen molar-refractivity contribution in [2.24, 2.45) is 13.0 Å². The first kappa shape index (κ1) is 16.3. The molecule has 0 unspecified atom stereocenters. The maximum absolute atomic E-state index is 12.6. The van der Waals surface area contributed by atoms with Crippen LogP contribution in [0.3, 0.4) is 0 Å². The Morgan fingerprint density at radius 3 is 2.82 bits per heavy atom. The molecule has 1 aromatic rings. The van der Waals surface area contributed by atoms with Crippen molar-refractivity contribution in [1.82, 2.24) is 9.47 Å². The fourth-order valence-electron chi connectivity index (χ4n) is 2.87. The Morgan fingerprint density at radius 1 is 1.41 bits per heavy atom. The molecule has 2 rings (SSSR count). The minimum absolute atomic E-state index is 0.124. The number of hydrogen-bond donors (Lipinski definition) is 1. The number of carboxylic acid groups (broad SMARTS) is 1. The highest BCUT2D eigenvalue weighted by atomic mass is 16.4. The van der Waals surface area contributed by atoms with Crippen molar-refractivity contribution in [3.63, 3.8) is 0 Å². The number of aliphatic carboxylic acids is 1. The van der Waals surface area contributed by atoms with Gasteiger partial charge < -0.3 is 14.6 Å². The van der Waals surface area contributed by atoms with Crippen LogP contribution in [0.5, 0.6) is 0 Å². The van der Waals surface area contributed by atoms with Gasteiger partial charge in [-0.3, -0.25) is 14.4 Å². The first-order chi connectivity index (χ1) is 10.4. The lowest BCUT2D eigenvalue weighted by Crippen LogP contribution is -2.42. The topological polar surface area (TPSA) is 79.6 Å². The van der Waals surface area contributed by atoms with E-state index < -0.39 is 5.97 Å². The number of aromatic nitrogens is 1. The van der Waals surface area contributed by atoms with E-state index in [2.05, 4.69) is 0 Å². The number of likely N-dealkylation sites (tertiary alicyclic amines) is 1. The second-order valence-corrected chi connectivity index (χ2v) is 6.00. The highest BCUT2D eigenvalue weighted by Crippen LogP contribution is 2.22. The van der Waals surface area contributed by atoms with E-state index in [-0.39, 0.29) is 29.2 Å². The van der Waals surface area contributed by atoms with E-state index >= 15 is 0 Å². The molecule has 1 saturated heterocycles. The lowest BCUT2D eigenvalue weighted by Gasteiger charge is -2.32. The molecule has 0 aliphatic carbocycles. The third-order valence-electron chi connectivity index (χ3n) is 4.29. The van der Waals surface area contributed by atoms with Crippen molar-refractivity contribution < 1.29 is 14.7 Å². The van der Waals surface area contributed by atoms with E-state index in [0.29, 0.717) is 19.5 Å². The lowest BCUT2D eigenvalue weighted by molar-refractivity contribution is -0.137. The highest BCUT2D eigenvalue weighted by molar-refractivity contribution is 5.94. The van der Waals surface area contributed by atoms with Gasteiger partial charge in [0.2, 0.25) is 0 Å². The first-order valence-corrected chi connectivity index (χ1v) is 7.57. The minimum atomic E-state index is -0.809. The summed E-state index contributed by atoms with van der Waals surface area (Å²) < 4.78 is 1.76. The molecule has 1 amide bonds. The maximum atomic E-state index is 12.6. The molecule has 1 fully saturated rings. The third-order valence-corrected chi connectivity index (χ3v) is 4.29. The molecule has 1 atom stereocenters. The summed E-state index contributed by atoms with van der Waals surface area (Å²) in [5, 5.41) is 8.77. The SMILES string of the molecule is Cc1cc(=O)c(C(=O)N2CCC[C@@H](CCC(=O)O)C2)cn1C. The van der Waals surface area contributed by atoms with E-state index in [1.165, 1.54) is 6.07 Å². The maximum Gasteiger partial charge on any atom is 0.303 e. The fourth-order valence-corrected chi connectivity index (χ4v) is 2.87. The van der Waals surface area contributed by atoms with E-state index in [9.17, 15) is 14.4 Å². The van der Waals surface area contributed by atoms with Crippen molar-refractivity contribution in [2.45, 2.75) is 32.6 Å². The average Bonchev–Trinajstić information content (AvgIpc) is 2.48. The Hall–Kier alpha value is -2.11. The number of piperidine rings is 1. The molecule has 1 aliphatic heterocycles. The highest BCUT2D eigenvalue weighted by Gasteiger charge is 2.26. The minimum Gasteiger partial charge on any atom is -0.481 e. The van der Waals surface area contributed by atoms with Crippen molar-refractivity contribution in [3.8, 4) is 0 Å². The average molecular weight is 306 g/mol. The summed E-state index contributed by atoms with van der Waals surface area (Å²) >= 11 is 0. The number of hydrogen-bond acceptors (Lipinski definition) is 3. The monoisotopic (exact) mass is 306 g/mol. The Morgan fingerprint density at radius 2 is 2.14 bits per heavy atom. The fraction of sp³-hybridized carbons (Fsp3) is 0.562. The van der Waals surface area contributed by atoms with Crippen LogP contribution < -0.4 is 5.43 Å². The second-order valence-electron chi connectivity index (χ2n) is 6.00. The summed E-state index contributed by atoms with van der Waals surface area (Å²) in [5.41, 5.74) is 0.736. The summed E-state index contributed by atoms with van der Waals surface area (Å²) in [4.78, 5) is 36.9. The Bertz CT molecular complexity index is 636. The molecule has 6 heteroatoms. The molecular formula is C16H22N2O4. The van der Waals surface area contributed by atoms with Crippen molar-refractivity contribution in [3.05, 3.63) is 33.7 Å². The molecule has 0 saturated carbocycles. The first-order valence-electron chi connectivity index (χ1n) is 7.57. The van der Waals surface area contributed by atoms with Crippen LogP contribution in [-0.2, 0) is 11.8 Å². The molecule has 6 nitrogen and oxygen atoms in total. The van der Waals surface area contributed by atoms with Gasteiger partial charge in [0.05, 0.1) is 0 Å². The molecule has 22 heavy (non-hydrogen) atoms. The van der Waals surface area contributed by atoms with Crippen LogP contribution in [-0.4, -0.2) is 39.5 Å². The molecule has 1 aromatic heterocycles. The van der Waals surface area contributed by atoms with Gasteiger partial charge in [0.1, 0.15) is 5.56 Å². The van der Waals surface area contributed by atoms with Crippen molar-refractivity contribution >= 4 is 11.9 Å². The molecule has 1 aliphatic rings. The van der Waals surface area contributed by atoms with Crippen LogP contribution in [0.15, 0.2) is 17.1 Å². The molecule has 2 heterocycles. The van der Waals surface area contributed by atoms with Gasteiger partial charge in [0.25, 0.3) is 5.91 Å². The van der Waals surface area contributed by atoms with Gasteiger partial charge in [-0.15, -0.1) is 0 Å². The number of carboxylic acids is 1. The molecule has 0 aromatic carbocycles. The lowest BCUT2D eigenvalue weighted by atomic mass is 9.93. The van der Waals surface area contributed by atoms with Crippen LogP contribution in [0.1, 0.15) is 41.7 Å². The summed E-state index contributed by atoms with van der Waals surface area (Å²) in [7, 11) is 1.80. The van der Waals surface area contributed by atoms with Crippen LogP contribution in [0, 0.1) is 12.8 Å². The molecule has 1 N–H and O–H groups in total. The van der Waals surface area contributed by atoms with Gasteiger partial charge in [-0.1, -0.05) is 0 Å². The van der Waals surface area contributed by atoms with Gasteiger partial charge in [-0.05, 0) is 32.1 Å². The van der Waals surface area contributed by atoms with Crippen LogP contribution in [0.25, 0.3) is 0 Å². The van der Waals surface area contributed by atoms with E-state index in [4.69, 9.17) is 5.11 Å². The molecule has 0 spiro atoms. The zero-order chi connectivity index (χ0) is 16.3. The second kappa shape index (κ2) is 6.77. The molecule has 120 valence electrons.